The Kier molecular flexibility index (Phi) is 6.76. The molecule has 0 aliphatic heterocycles. The molecule has 0 radical (unpaired) electrons. The molecule has 5 heteroatoms. The Morgan fingerprint density at radius 1 is 1.09 bits per heavy atom. The fourth-order valence-corrected chi connectivity index (χ4v) is 2.36. The molecule has 5 nitrogen and oxygen atoms in total. The SMILES string of the molecule is CNC(=O)NC(=O)CNC(c1ccc(C(C)(C)C)cc1)C(C)C. The van der Waals surface area contributed by atoms with Gasteiger partial charge in [0, 0.05) is 13.1 Å². The van der Waals surface area contributed by atoms with Crippen LogP contribution in [0.1, 0.15) is 51.8 Å². The van der Waals surface area contributed by atoms with Crippen LogP contribution in [0.3, 0.4) is 0 Å². The summed E-state index contributed by atoms with van der Waals surface area (Å²) in [4.78, 5) is 22.9. The van der Waals surface area contributed by atoms with Crippen molar-refractivity contribution in [1.29, 1.82) is 0 Å². The van der Waals surface area contributed by atoms with Crippen LogP contribution in [0, 0.1) is 5.92 Å². The quantitative estimate of drug-likeness (QED) is 0.781. The van der Waals surface area contributed by atoms with Crippen molar-refractivity contribution in [2.75, 3.05) is 13.6 Å². The molecule has 1 rings (SSSR count). The number of benzene rings is 1. The van der Waals surface area contributed by atoms with Crippen molar-refractivity contribution in [2.45, 2.75) is 46.1 Å². The zero-order valence-corrected chi connectivity index (χ0v) is 15.0. The number of carbonyl (C=O) groups is 2. The van der Waals surface area contributed by atoms with Gasteiger partial charge in [0.25, 0.3) is 0 Å². The zero-order valence-electron chi connectivity index (χ0n) is 15.0. The molecule has 0 heterocycles. The molecule has 1 aromatic carbocycles. The third kappa shape index (κ3) is 6.02. The molecule has 23 heavy (non-hydrogen) atoms. The van der Waals surface area contributed by atoms with Gasteiger partial charge < -0.3 is 10.6 Å². The summed E-state index contributed by atoms with van der Waals surface area (Å²) in [5, 5.41) is 7.84. The van der Waals surface area contributed by atoms with Crippen LogP contribution in [-0.2, 0) is 10.2 Å². The Labute approximate surface area is 139 Å². The molecular weight excluding hydrogens is 290 g/mol. The topological polar surface area (TPSA) is 70.2 Å². The molecule has 0 aromatic heterocycles. The van der Waals surface area contributed by atoms with E-state index in [-0.39, 0.29) is 23.9 Å². The van der Waals surface area contributed by atoms with Crippen molar-refractivity contribution < 1.29 is 9.59 Å². The molecule has 1 aromatic rings. The lowest BCUT2D eigenvalue weighted by atomic mass is 9.85. The van der Waals surface area contributed by atoms with Gasteiger partial charge in [0.2, 0.25) is 5.91 Å². The number of hydrogen-bond acceptors (Lipinski definition) is 3. The molecule has 128 valence electrons. The van der Waals surface area contributed by atoms with Crippen LogP contribution in [0.4, 0.5) is 4.79 Å². The highest BCUT2D eigenvalue weighted by Crippen LogP contribution is 2.26. The van der Waals surface area contributed by atoms with E-state index < -0.39 is 6.03 Å². The molecule has 0 fully saturated rings. The summed E-state index contributed by atoms with van der Waals surface area (Å²) in [7, 11) is 1.48. The molecule has 0 aliphatic carbocycles. The van der Waals surface area contributed by atoms with Gasteiger partial charge in [-0.3, -0.25) is 10.1 Å². The standard InChI is InChI=1S/C18H29N3O2/c1-12(2)16(20-11-15(22)21-17(23)19-6)13-7-9-14(10-8-13)18(3,4)5/h7-10,12,16,20H,11H2,1-6H3,(H2,19,21,22,23). The lowest BCUT2D eigenvalue weighted by Crippen LogP contribution is -2.43. The number of imide groups is 1. The number of nitrogens with one attached hydrogen (secondary N) is 3. The van der Waals surface area contributed by atoms with Crippen LogP contribution in [-0.4, -0.2) is 25.5 Å². The maximum Gasteiger partial charge on any atom is 0.321 e. The molecule has 3 amide bonds. The lowest BCUT2D eigenvalue weighted by molar-refractivity contribution is -0.119. The van der Waals surface area contributed by atoms with Crippen LogP contribution in [0.15, 0.2) is 24.3 Å². The lowest BCUT2D eigenvalue weighted by Gasteiger charge is -2.24. The largest absolute Gasteiger partial charge is 0.341 e. The molecule has 0 aliphatic rings. The van der Waals surface area contributed by atoms with Crippen molar-refractivity contribution >= 4 is 11.9 Å². The van der Waals surface area contributed by atoms with Gasteiger partial charge in [-0.15, -0.1) is 0 Å². The van der Waals surface area contributed by atoms with Crippen molar-refractivity contribution in [3.8, 4) is 0 Å². The smallest absolute Gasteiger partial charge is 0.321 e. The Bertz CT molecular complexity index is 530. The normalized spacial score (nSPS) is 12.8. The van der Waals surface area contributed by atoms with Gasteiger partial charge in [0.1, 0.15) is 0 Å². The average Bonchev–Trinajstić information content (AvgIpc) is 2.46. The Hall–Kier alpha value is -1.88. The van der Waals surface area contributed by atoms with Gasteiger partial charge in [-0.05, 0) is 22.5 Å². The first-order valence-electron chi connectivity index (χ1n) is 8.00. The first-order chi connectivity index (χ1) is 10.6. The van der Waals surface area contributed by atoms with Gasteiger partial charge >= 0.3 is 6.03 Å². The maximum absolute atomic E-state index is 11.7. The zero-order chi connectivity index (χ0) is 17.6. The first kappa shape index (κ1) is 19.2. The molecule has 0 bridgehead atoms. The van der Waals surface area contributed by atoms with E-state index in [9.17, 15) is 9.59 Å². The summed E-state index contributed by atoms with van der Waals surface area (Å²) in [5.41, 5.74) is 2.54. The average molecular weight is 319 g/mol. The van der Waals surface area contributed by atoms with E-state index in [1.165, 1.54) is 12.6 Å². The Balaban J connectivity index is 2.75. The van der Waals surface area contributed by atoms with E-state index in [4.69, 9.17) is 0 Å². The number of rotatable bonds is 5. The predicted molar refractivity (Wildman–Crippen MR) is 93.3 cm³/mol. The maximum atomic E-state index is 11.7. The summed E-state index contributed by atoms with van der Waals surface area (Å²) >= 11 is 0. The number of carbonyl (C=O) groups excluding carboxylic acids is 2. The third-order valence-corrected chi connectivity index (χ3v) is 3.77. The molecule has 0 spiro atoms. The van der Waals surface area contributed by atoms with Crippen LogP contribution >= 0.6 is 0 Å². The van der Waals surface area contributed by atoms with Crippen molar-refractivity contribution in [1.82, 2.24) is 16.0 Å². The number of amides is 3. The van der Waals surface area contributed by atoms with Gasteiger partial charge in [-0.25, -0.2) is 4.79 Å². The fourth-order valence-electron chi connectivity index (χ4n) is 2.36. The first-order valence-corrected chi connectivity index (χ1v) is 8.00. The van der Waals surface area contributed by atoms with Gasteiger partial charge in [-0.2, -0.15) is 0 Å². The van der Waals surface area contributed by atoms with Crippen LogP contribution in [0.25, 0.3) is 0 Å². The molecule has 3 N–H and O–H groups in total. The van der Waals surface area contributed by atoms with Crippen molar-refractivity contribution in [3.05, 3.63) is 35.4 Å². The van der Waals surface area contributed by atoms with E-state index in [1.807, 2.05) is 0 Å². The summed E-state index contributed by atoms with van der Waals surface area (Å²) in [5.74, 6) is -0.0235. The summed E-state index contributed by atoms with van der Waals surface area (Å²) < 4.78 is 0. The van der Waals surface area contributed by atoms with E-state index >= 15 is 0 Å². The molecule has 1 atom stereocenters. The van der Waals surface area contributed by atoms with Crippen molar-refractivity contribution in [3.63, 3.8) is 0 Å². The minimum atomic E-state index is -0.493. The Morgan fingerprint density at radius 3 is 2.09 bits per heavy atom. The van der Waals surface area contributed by atoms with Crippen LogP contribution in [0.5, 0.6) is 0 Å². The monoisotopic (exact) mass is 319 g/mol. The second-order valence-electron chi connectivity index (χ2n) is 7.10. The van der Waals surface area contributed by atoms with Crippen LogP contribution < -0.4 is 16.0 Å². The molecule has 0 saturated carbocycles. The molecule has 0 saturated heterocycles. The molecular formula is C18H29N3O2. The van der Waals surface area contributed by atoms with E-state index in [1.54, 1.807) is 0 Å². The van der Waals surface area contributed by atoms with Crippen molar-refractivity contribution in [2.24, 2.45) is 5.92 Å². The highest BCUT2D eigenvalue weighted by molar-refractivity contribution is 5.95. The van der Waals surface area contributed by atoms with E-state index in [2.05, 4.69) is 74.8 Å². The number of urea groups is 1. The minimum Gasteiger partial charge on any atom is -0.341 e. The van der Waals surface area contributed by atoms with Gasteiger partial charge in [-0.1, -0.05) is 58.9 Å². The highest BCUT2D eigenvalue weighted by Gasteiger charge is 2.19. The fraction of sp³-hybridized carbons (Fsp3) is 0.556. The van der Waals surface area contributed by atoms with Crippen LogP contribution in [0.2, 0.25) is 0 Å². The van der Waals surface area contributed by atoms with E-state index in [0.29, 0.717) is 5.92 Å². The Morgan fingerprint density at radius 2 is 1.65 bits per heavy atom. The molecule has 1 unspecified atom stereocenters. The second kappa shape index (κ2) is 8.11. The number of hydrogen-bond donors (Lipinski definition) is 3. The summed E-state index contributed by atoms with van der Waals surface area (Å²) in [6.07, 6.45) is 0. The summed E-state index contributed by atoms with van der Waals surface area (Å²) in [6.45, 7) is 10.9. The second-order valence-corrected chi connectivity index (χ2v) is 7.10. The highest BCUT2D eigenvalue weighted by atomic mass is 16.2. The minimum absolute atomic E-state index is 0.0551. The third-order valence-electron chi connectivity index (χ3n) is 3.77. The van der Waals surface area contributed by atoms with Gasteiger partial charge in [0.15, 0.2) is 0 Å². The van der Waals surface area contributed by atoms with Gasteiger partial charge in [0.05, 0.1) is 6.54 Å². The van der Waals surface area contributed by atoms with E-state index in [0.717, 1.165) is 5.56 Å². The predicted octanol–water partition coefficient (Wildman–Crippen LogP) is 2.73. The summed E-state index contributed by atoms with van der Waals surface area (Å²) in [6, 6.07) is 8.05.